The Bertz CT molecular complexity index is 1190. The number of nitrogens with two attached hydrogens (primary N) is 1. The highest BCUT2D eigenvalue weighted by atomic mass is 16.7. The second kappa shape index (κ2) is 9.45. The van der Waals surface area contributed by atoms with Crippen molar-refractivity contribution in [2.75, 3.05) is 26.0 Å². The standard InChI is InChI=1S/C24H23N5O3/c1-3-20-18(8-5-16-6-10-22(25)26-14-16)23(28-15-27-20)17-7-9-19(21(13-17)31-2)24(30)29-11-4-12-32-29/h6-7,9-10,13-15H,3-4,11-12H2,1-2H3,(H2,25,26). The normalized spacial score (nSPS) is 12.9. The van der Waals surface area contributed by atoms with E-state index < -0.39 is 0 Å². The van der Waals surface area contributed by atoms with Gasteiger partial charge in [0.05, 0.1) is 42.8 Å². The quantitative estimate of drug-likeness (QED) is 0.636. The Hall–Kier alpha value is -3.96. The van der Waals surface area contributed by atoms with Gasteiger partial charge in [0.15, 0.2) is 0 Å². The highest BCUT2D eigenvalue weighted by molar-refractivity contribution is 5.97. The van der Waals surface area contributed by atoms with Gasteiger partial charge in [0.1, 0.15) is 17.9 Å². The molecule has 0 radical (unpaired) electrons. The molecule has 8 nitrogen and oxygen atoms in total. The zero-order chi connectivity index (χ0) is 22.5. The average molecular weight is 429 g/mol. The molecular weight excluding hydrogens is 406 g/mol. The maximum absolute atomic E-state index is 12.8. The number of aromatic nitrogens is 3. The van der Waals surface area contributed by atoms with Gasteiger partial charge >= 0.3 is 0 Å². The predicted molar refractivity (Wildman–Crippen MR) is 120 cm³/mol. The molecule has 2 aromatic heterocycles. The Morgan fingerprint density at radius 1 is 1.22 bits per heavy atom. The number of ether oxygens (including phenoxy) is 1. The lowest BCUT2D eigenvalue weighted by Crippen LogP contribution is -2.26. The summed E-state index contributed by atoms with van der Waals surface area (Å²) in [5.74, 6) is 6.97. The summed E-state index contributed by atoms with van der Waals surface area (Å²) in [5.41, 5.74) is 9.82. The van der Waals surface area contributed by atoms with Gasteiger partial charge < -0.3 is 10.5 Å². The monoisotopic (exact) mass is 429 g/mol. The summed E-state index contributed by atoms with van der Waals surface area (Å²) in [7, 11) is 1.53. The summed E-state index contributed by atoms with van der Waals surface area (Å²) in [4.78, 5) is 31.1. The van der Waals surface area contributed by atoms with E-state index in [1.54, 1.807) is 24.4 Å². The number of aryl methyl sites for hydroxylation is 1. The van der Waals surface area contributed by atoms with E-state index >= 15 is 0 Å². The molecule has 8 heteroatoms. The third kappa shape index (κ3) is 4.38. The number of hydrogen-bond donors (Lipinski definition) is 1. The van der Waals surface area contributed by atoms with Crippen LogP contribution in [0.15, 0.2) is 42.9 Å². The minimum absolute atomic E-state index is 0.223. The minimum atomic E-state index is -0.223. The molecule has 0 unspecified atom stereocenters. The lowest BCUT2D eigenvalue weighted by Gasteiger charge is -2.17. The first kappa shape index (κ1) is 21.3. The molecular formula is C24H23N5O3. The number of hydroxylamine groups is 2. The third-order valence-corrected chi connectivity index (χ3v) is 5.06. The second-order valence-corrected chi connectivity index (χ2v) is 7.13. The van der Waals surface area contributed by atoms with Gasteiger partial charge in [-0.2, -0.15) is 0 Å². The van der Waals surface area contributed by atoms with Crippen LogP contribution >= 0.6 is 0 Å². The number of nitrogens with zero attached hydrogens (tertiary/aromatic N) is 4. The van der Waals surface area contributed by atoms with E-state index in [1.165, 1.54) is 18.5 Å². The molecule has 0 aliphatic carbocycles. The fraction of sp³-hybridized carbons (Fsp3) is 0.250. The van der Waals surface area contributed by atoms with Crippen LogP contribution in [-0.2, 0) is 11.3 Å². The second-order valence-electron chi connectivity index (χ2n) is 7.13. The maximum atomic E-state index is 12.8. The Balaban J connectivity index is 1.75. The van der Waals surface area contributed by atoms with E-state index in [1.807, 2.05) is 19.1 Å². The molecule has 162 valence electrons. The smallest absolute Gasteiger partial charge is 0.281 e. The molecule has 3 aromatic rings. The molecule has 1 aromatic carbocycles. The van der Waals surface area contributed by atoms with Crippen LogP contribution in [0.4, 0.5) is 5.82 Å². The summed E-state index contributed by atoms with van der Waals surface area (Å²) < 4.78 is 5.52. The van der Waals surface area contributed by atoms with Crippen molar-refractivity contribution in [3.63, 3.8) is 0 Å². The maximum Gasteiger partial charge on any atom is 0.281 e. The zero-order valence-electron chi connectivity index (χ0n) is 18.0. The Morgan fingerprint density at radius 3 is 2.78 bits per heavy atom. The first-order valence-electron chi connectivity index (χ1n) is 10.3. The van der Waals surface area contributed by atoms with Crippen LogP contribution in [-0.4, -0.2) is 46.2 Å². The zero-order valence-corrected chi connectivity index (χ0v) is 18.0. The van der Waals surface area contributed by atoms with Crippen LogP contribution in [0.25, 0.3) is 11.3 Å². The Labute approximate surface area is 186 Å². The van der Waals surface area contributed by atoms with Gasteiger partial charge in [-0.25, -0.2) is 20.0 Å². The molecule has 0 spiro atoms. The van der Waals surface area contributed by atoms with Crippen molar-refractivity contribution in [3.8, 4) is 28.8 Å². The number of rotatable bonds is 4. The molecule has 1 aliphatic rings. The van der Waals surface area contributed by atoms with Crippen LogP contribution in [0, 0.1) is 11.8 Å². The molecule has 0 bridgehead atoms. The molecule has 1 amide bonds. The number of anilines is 1. The lowest BCUT2D eigenvalue weighted by molar-refractivity contribution is -0.0769. The van der Waals surface area contributed by atoms with Crippen LogP contribution in [0.2, 0.25) is 0 Å². The molecule has 1 aliphatic heterocycles. The number of benzene rings is 1. The minimum Gasteiger partial charge on any atom is -0.496 e. The lowest BCUT2D eigenvalue weighted by atomic mass is 10.0. The van der Waals surface area contributed by atoms with Gasteiger partial charge in [-0.15, -0.1) is 0 Å². The summed E-state index contributed by atoms with van der Waals surface area (Å²) in [6.45, 7) is 3.12. The number of carbonyl (C=O) groups is 1. The van der Waals surface area contributed by atoms with Crippen molar-refractivity contribution in [2.45, 2.75) is 19.8 Å². The van der Waals surface area contributed by atoms with Crippen molar-refractivity contribution < 1.29 is 14.4 Å². The van der Waals surface area contributed by atoms with Crippen LogP contribution < -0.4 is 10.5 Å². The number of methoxy groups -OCH3 is 1. The first-order valence-corrected chi connectivity index (χ1v) is 10.3. The molecule has 1 fully saturated rings. The molecule has 0 saturated carbocycles. The fourth-order valence-electron chi connectivity index (χ4n) is 3.41. The van der Waals surface area contributed by atoms with E-state index in [0.29, 0.717) is 42.4 Å². The van der Waals surface area contributed by atoms with E-state index in [-0.39, 0.29) is 5.91 Å². The van der Waals surface area contributed by atoms with E-state index in [0.717, 1.165) is 28.8 Å². The number of pyridine rings is 1. The molecule has 1 saturated heterocycles. The first-order chi connectivity index (χ1) is 15.6. The van der Waals surface area contributed by atoms with Crippen molar-refractivity contribution in [1.29, 1.82) is 0 Å². The topological polar surface area (TPSA) is 103 Å². The summed E-state index contributed by atoms with van der Waals surface area (Å²) in [5, 5.41) is 1.37. The predicted octanol–water partition coefficient (Wildman–Crippen LogP) is 2.87. The number of nitrogen functional groups attached to an aromatic ring is 1. The summed E-state index contributed by atoms with van der Waals surface area (Å²) in [6, 6.07) is 8.88. The van der Waals surface area contributed by atoms with E-state index in [2.05, 4.69) is 26.8 Å². The van der Waals surface area contributed by atoms with Gasteiger partial charge in [0, 0.05) is 17.3 Å². The molecule has 0 atom stereocenters. The average Bonchev–Trinajstić information content (AvgIpc) is 3.37. The Morgan fingerprint density at radius 2 is 2.09 bits per heavy atom. The fourth-order valence-corrected chi connectivity index (χ4v) is 3.41. The van der Waals surface area contributed by atoms with E-state index in [9.17, 15) is 4.79 Å². The van der Waals surface area contributed by atoms with Gasteiger partial charge in [-0.05, 0) is 37.1 Å². The number of carbonyl (C=O) groups excluding carboxylic acids is 1. The highest BCUT2D eigenvalue weighted by Crippen LogP contribution is 2.30. The summed E-state index contributed by atoms with van der Waals surface area (Å²) in [6.07, 6.45) is 4.66. The van der Waals surface area contributed by atoms with Gasteiger partial charge in [-0.1, -0.05) is 24.8 Å². The van der Waals surface area contributed by atoms with Gasteiger partial charge in [0.2, 0.25) is 0 Å². The molecule has 3 heterocycles. The van der Waals surface area contributed by atoms with Crippen molar-refractivity contribution in [3.05, 3.63) is 65.2 Å². The van der Waals surface area contributed by atoms with E-state index in [4.69, 9.17) is 15.3 Å². The van der Waals surface area contributed by atoms with Crippen LogP contribution in [0.1, 0.15) is 40.5 Å². The van der Waals surface area contributed by atoms with Crippen molar-refractivity contribution >= 4 is 11.7 Å². The van der Waals surface area contributed by atoms with Gasteiger partial charge in [-0.3, -0.25) is 9.63 Å². The SMILES string of the molecule is CCc1ncnc(-c2ccc(C(=O)N3CCCO3)c(OC)c2)c1C#Cc1ccc(N)nc1. The van der Waals surface area contributed by atoms with Crippen molar-refractivity contribution in [2.24, 2.45) is 0 Å². The highest BCUT2D eigenvalue weighted by Gasteiger charge is 2.24. The summed E-state index contributed by atoms with van der Waals surface area (Å²) >= 11 is 0. The third-order valence-electron chi connectivity index (χ3n) is 5.06. The molecule has 2 N–H and O–H groups in total. The number of amides is 1. The Kier molecular flexibility index (Phi) is 6.29. The number of hydrogen-bond acceptors (Lipinski definition) is 7. The largest absolute Gasteiger partial charge is 0.496 e. The molecule has 32 heavy (non-hydrogen) atoms. The molecule has 4 rings (SSSR count). The van der Waals surface area contributed by atoms with Gasteiger partial charge in [0.25, 0.3) is 5.91 Å². The van der Waals surface area contributed by atoms with Crippen LogP contribution in [0.3, 0.4) is 0 Å². The van der Waals surface area contributed by atoms with Crippen LogP contribution in [0.5, 0.6) is 5.75 Å². The van der Waals surface area contributed by atoms with Crippen molar-refractivity contribution in [1.82, 2.24) is 20.0 Å².